The lowest BCUT2D eigenvalue weighted by Gasteiger charge is -2.17. The number of anilines is 2. The van der Waals surface area contributed by atoms with E-state index in [9.17, 15) is 0 Å². The van der Waals surface area contributed by atoms with E-state index in [4.69, 9.17) is 4.74 Å². The third kappa shape index (κ3) is 4.12. The normalized spacial score (nSPS) is 14.1. The number of rotatable bonds is 6. The van der Waals surface area contributed by atoms with Crippen LogP contribution in [0.3, 0.4) is 0 Å². The number of nitrogens with zero attached hydrogens (tertiary/aromatic N) is 3. The molecule has 0 amide bonds. The first-order valence-corrected chi connectivity index (χ1v) is 8.22. The monoisotopic (exact) mass is 312 g/mol. The Hall–Kier alpha value is -2.30. The lowest BCUT2D eigenvalue weighted by atomic mass is 10.1. The first-order chi connectivity index (χ1) is 11.2. The number of aryl methyl sites for hydroxylation is 1. The van der Waals surface area contributed by atoms with E-state index >= 15 is 0 Å². The van der Waals surface area contributed by atoms with Crippen molar-refractivity contribution in [2.24, 2.45) is 0 Å². The van der Waals surface area contributed by atoms with Crippen molar-refractivity contribution >= 4 is 11.8 Å². The lowest BCUT2D eigenvalue weighted by molar-refractivity contribution is 0.414. The molecule has 1 aromatic carbocycles. The van der Waals surface area contributed by atoms with Gasteiger partial charge in [0.25, 0.3) is 0 Å². The fourth-order valence-electron chi connectivity index (χ4n) is 2.85. The SMILES string of the molecule is COc1ccc(CCNc2nc(C)cc(N3CCCC3)n2)cc1. The molecule has 0 aliphatic carbocycles. The molecule has 1 N–H and O–H groups in total. The van der Waals surface area contributed by atoms with Gasteiger partial charge in [-0.05, 0) is 43.9 Å². The predicted octanol–water partition coefficient (Wildman–Crippen LogP) is 3.05. The van der Waals surface area contributed by atoms with Gasteiger partial charge in [0.1, 0.15) is 11.6 Å². The van der Waals surface area contributed by atoms with Crippen molar-refractivity contribution < 1.29 is 4.74 Å². The summed E-state index contributed by atoms with van der Waals surface area (Å²) in [5, 5.41) is 3.35. The van der Waals surface area contributed by atoms with Gasteiger partial charge < -0.3 is 15.0 Å². The minimum atomic E-state index is 0.723. The fraction of sp³-hybridized carbons (Fsp3) is 0.444. The Labute approximate surface area is 137 Å². The number of aromatic nitrogens is 2. The van der Waals surface area contributed by atoms with E-state index in [0.29, 0.717) is 0 Å². The molecule has 0 radical (unpaired) electrons. The number of benzene rings is 1. The van der Waals surface area contributed by atoms with Gasteiger partial charge in [-0.2, -0.15) is 4.98 Å². The van der Waals surface area contributed by atoms with E-state index < -0.39 is 0 Å². The van der Waals surface area contributed by atoms with Gasteiger partial charge in [0.2, 0.25) is 5.95 Å². The standard InChI is InChI=1S/C18H24N4O/c1-14-13-17(22-11-3-4-12-22)21-18(20-14)19-10-9-15-5-7-16(23-2)8-6-15/h5-8,13H,3-4,9-12H2,1-2H3,(H,19,20,21). The van der Waals surface area contributed by atoms with Gasteiger partial charge in [-0.3, -0.25) is 0 Å². The number of methoxy groups -OCH3 is 1. The van der Waals surface area contributed by atoms with Crippen LogP contribution in [0.4, 0.5) is 11.8 Å². The highest BCUT2D eigenvalue weighted by atomic mass is 16.5. The second-order valence-corrected chi connectivity index (χ2v) is 5.91. The highest BCUT2D eigenvalue weighted by Crippen LogP contribution is 2.20. The van der Waals surface area contributed by atoms with Crippen LogP contribution in [0.25, 0.3) is 0 Å². The van der Waals surface area contributed by atoms with Gasteiger partial charge in [-0.1, -0.05) is 12.1 Å². The van der Waals surface area contributed by atoms with Gasteiger partial charge in [0, 0.05) is 31.4 Å². The average molecular weight is 312 g/mol. The Balaban J connectivity index is 1.58. The van der Waals surface area contributed by atoms with Crippen LogP contribution in [-0.4, -0.2) is 36.7 Å². The molecule has 2 heterocycles. The zero-order chi connectivity index (χ0) is 16.1. The summed E-state index contributed by atoms with van der Waals surface area (Å²) in [5.41, 5.74) is 2.28. The van der Waals surface area contributed by atoms with E-state index in [0.717, 1.165) is 49.3 Å². The van der Waals surface area contributed by atoms with Gasteiger partial charge in [0.05, 0.1) is 7.11 Å². The van der Waals surface area contributed by atoms with Crippen LogP contribution in [-0.2, 0) is 6.42 Å². The summed E-state index contributed by atoms with van der Waals surface area (Å²) in [6.45, 7) is 5.04. The van der Waals surface area contributed by atoms with E-state index in [1.165, 1.54) is 18.4 Å². The zero-order valence-electron chi connectivity index (χ0n) is 13.9. The zero-order valence-corrected chi connectivity index (χ0v) is 13.9. The molecule has 1 aromatic heterocycles. The highest BCUT2D eigenvalue weighted by molar-refractivity contribution is 5.45. The van der Waals surface area contributed by atoms with Crippen LogP contribution in [0.15, 0.2) is 30.3 Å². The molecular formula is C18H24N4O. The molecule has 0 spiro atoms. The third-order valence-corrected chi connectivity index (χ3v) is 4.13. The summed E-state index contributed by atoms with van der Waals surface area (Å²) < 4.78 is 5.18. The van der Waals surface area contributed by atoms with Gasteiger partial charge >= 0.3 is 0 Å². The van der Waals surface area contributed by atoms with Crippen molar-refractivity contribution in [2.75, 3.05) is 37.0 Å². The highest BCUT2D eigenvalue weighted by Gasteiger charge is 2.14. The minimum Gasteiger partial charge on any atom is -0.497 e. The fourth-order valence-corrected chi connectivity index (χ4v) is 2.85. The van der Waals surface area contributed by atoms with Gasteiger partial charge in [-0.15, -0.1) is 0 Å². The third-order valence-electron chi connectivity index (χ3n) is 4.13. The molecule has 122 valence electrons. The molecule has 2 aromatic rings. The molecule has 23 heavy (non-hydrogen) atoms. The Morgan fingerprint density at radius 1 is 1.13 bits per heavy atom. The molecule has 1 fully saturated rings. The maximum absolute atomic E-state index is 5.18. The average Bonchev–Trinajstić information content (AvgIpc) is 3.09. The van der Waals surface area contributed by atoms with Crippen molar-refractivity contribution in [1.82, 2.24) is 9.97 Å². The molecule has 0 atom stereocenters. The van der Waals surface area contributed by atoms with E-state index in [1.54, 1.807) is 7.11 Å². The van der Waals surface area contributed by atoms with Crippen molar-refractivity contribution in [3.05, 3.63) is 41.6 Å². The van der Waals surface area contributed by atoms with Crippen molar-refractivity contribution in [2.45, 2.75) is 26.2 Å². The second-order valence-electron chi connectivity index (χ2n) is 5.91. The van der Waals surface area contributed by atoms with E-state index in [-0.39, 0.29) is 0 Å². The number of hydrogen-bond donors (Lipinski definition) is 1. The van der Waals surface area contributed by atoms with Crippen molar-refractivity contribution in [1.29, 1.82) is 0 Å². The van der Waals surface area contributed by atoms with Crippen LogP contribution >= 0.6 is 0 Å². The second kappa shape index (κ2) is 7.31. The molecule has 5 heteroatoms. The first kappa shape index (κ1) is 15.6. The largest absolute Gasteiger partial charge is 0.497 e. The Morgan fingerprint density at radius 2 is 1.87 bits per heavy atom. The Bertz CT molecular complexity index is 636. The quantitative estimate of drug-likeness (QED) is 0.888. The van der Waals surface area contributed by atoms with Crippen LogP contribution in [0.2, 0.25) is 0 Å². The summed E-state index contributed by atoms with van der Waals surface area (Å²) in [5.74, 6) is 2.65. The van der Waals surface area contributed by atoms with Crippen LogP contribution in [0.5, 0.6) is 5.75 Å². The van der Waals surface area contributed by atoms with Crippen LogP contribution in [0.1, 0.15) is 24.1 Å². The van der Waals surface area contributed by atoms with Crippen LogP contribution < -0.4 is 15.0 Å². The Kier molecular flexibility index (Phi) is 4.95. The van der Waals surface area contributed by atoms with Gasteiger partial charge in [-0.25, -0.2) is 4.98 Å². The molecule has 0 unspecified atom stereocenters. The summed E-state index contributed by atoms with van der Waals surface area (Å²) in [6.07, 6.45) is 3.44. The molecule has 5 nitrogen and oxygen atoms in total. The summed E-state index contributed by atoms with van der Waals surface area (Å²) in [7, 11) is 1.68. The molecule has 3 rings (SSSR count). The molecule has 1 aliphatic rings. The van der Waals surface area contributed by atoms with E-state index in [1.807, 2.05) is 19.1 Å². The number of nitrogens with one attached hydrogen (secondary N) is 1. The molecular weight excluding hydrogens is 288 g/mol. The number of ether oxygens (including phenoxy) is 1. The van der Waals surface area contributed by atoms with Crippen molar-refractivity contribution in [3.8, 4) is 5.75 Å². The molecule has 0 saturated carbocycles. The number of hydrogen-bond acceptors (Lipinski definition) is 5. The lowest BCUT2D eigenvalue weighted by Crippen LogP contribution is -2.20. The predicted molar refractivity (Wildman–Crippen MR) is 93.4 cm³/mol. The maximum atomic E-state index is 5.18. The molecule has 1 saturated heterocycles. The topological polar surface area (TPSA) is 50.3 Å². The van der Waals surface area contributed by atoms with Crippen LogP contribution in [0, 0.1) is 6.92 Å². The smallest absolute Gasteiger partial charge is 0.224 e. The van der Waals surface area contributed by atoms with Gasteiger partial charge in [0.15, 0.2) is 0 Å². The summed E-state index contributed by atoms with van der Waals surface area (Å²) in [6, 6.07) is 10.2. The summed E-state index contributed by atoms with van der Waals surface area (Å²) in [4.78, 5) is 11.5. The maximum Gasteiger partial charge on any atom is 0.224 e. The molecule has 1 aliphatic heterocycles. The van der Waals surface area contributed by atoms with Crippen molar-refractivity contribution in [3.63, 3.8) is 0 Å². The minimum absolute atomic E-state index is 0.723. The molecule has 0 bridgehead atoms. The Morgan fingerprint density at radius 3 is 2.57 bits per heavy atom. The van der Waals surface area contributed by atoms with E-state index in [2.05, 4.69) is 38.4 Å². The summed E-state index contributed by atoms with van der Waals surface area (Å²) >= 11 is 0. The first-order valence-electron chi connectivity index (χ1n) is 8.22.